The number of rotatable bonds is 1. The Morgan fingerprint density at radius 2 is 1.92 bits per heavy atom. The Kier molecular flexibility index (Phi) is 3.52. The lowest BCUT2D eigenvalue weighted by Crippen LogP contribution is -2.74. The lowest BCUT2D eigenvalue weighted by atomic mass is 9.53. The van der Waals surface area contributed by atoms with Crippen LogP contribution in [0, 0.1) is 11.8 Å². The van der Waals surface area contributed by atoms with Crippen LogP contribution in [0.1, 0.15) is 56.9 Å². The summed E-state index contributed by atoms with van der Waals surface area (Å²) in [6.07, 6.45) is 9.03. The lowest BCUT2D eigenvalue weighted by Gasteiger charge is -2.64. The number of benzene rings is 1. The van der Waals surface area contributed by atoms with Crippen molar-refractivity contribution < 1.29 is 20.0 Å². The SMILES string of the molecule is Oc1cc(C2(O)OOC23C2CCCC3C3=C(CCCC3)C2)ccc1Cl. The third-order valence-corrected chi connectivity index (χ3v) is 7.20. The first kappa shape index (κ1) is 16.1. The molecule has 1 saturated carbocycles. The first-order valence-corrected chi connectivity index (χ1v) is 9.73. The van der Waals surface area contributed by atoms with Gasteiger partial charge in [-0.05, 0) is 57.1 Å². The maximum atomic E-state index is 11.5. The minimum atomic E-state index is -1.53. The van der Waals surface area contributed by atoms with Crippen molar-refractivity contribution in [3.63, 3.8) is 0 Å². The summed E-state index contributed by atoms with van der Waals surface area (Å²) in [5.74, 6) is -1.12. The average molecular weight is 363 g/mol. The van der Waals surface area contributed by atoms with Crippen LogP contribution in [0.5, 0.6) is 5.75 Å². The largest absolute Gasteiger partial charge is 0.506 e. The Balaban J connectivity index is 1.62. The summed E-state index contributed by atoms with van der Waals surface area (Å²) in [6.45, 7) is 0. The molecule has 1 saturated heterocycles. The molecule has 5 rings (SSSR count). The number of aliphatic hydroxyl groups is 1. The molecule has 1 spiro atoms. The number of phenolic OH excluding ortho intramolecular Hbond substituents is 1. The van der Waals surface area contributed by atoms with Gasteiger partial charge < -0.3 is 10.2 Å². The fourth-order valence-electron chi connectivity index (χ4n) is 5.76. The van der Waals surface area contributed by atoms with Gasteiger partial charge in [-0.15, -0.1) is 0 Å². The highest BCUT2D eigenvalue weighted by Crippen LogP contribution is 2.65. The van der Waals surface area contributed by atoms with Gasteiger partial charge in [-0.3, -0.25) is 0 Å². The van der Waals surface area contributed by atoms with Crippen LogP contribution in [0.2, 0.25) is 5.02 Å². The summed E-state index contributed by atoms with van der Waals surface area (Å²) in [5, 5.41) is 21.8. The molecule has 0 radical (unpaired) electrons. The normalized spacial score (nSPS) is 39.9. The molecule has 4 atom stereocenters. The average Bonchev–Trinajstić information content (AvgIpc) is 2.62. The Bertz CT molecular complexity index is 760. The first-order valence-electron chi connectivity index (χ1n) is 9.35. The van der Waals surface area contributed by atoms with Crippen LogP contribution >= 0.6 is 11.6 Å². The molecular weight excluding hydrogens is 340 g/mol. The molecule has 4 nitrogen and oxygen atoms in total. The van der Waals surface area contributed by atoms with Gasteiger partial charge in [0.05, 0.1) is 5.02 Å². The second kappa shape index (κ2) is 5.46. The van der Waals surface area contributed by atoms with Crippen molar-refractivity contribution in [3.8, 4) is 5.75 Å². The van der Waals surface area contributed by atoms with Crippen molar-refractivity contribution in [2.24, 2.45) is 11.8 Å². The fourth-order valence-corrected chi connectivity index (χ4v) is 5.88. The van der Waals surface area contributed by atoms with Crippen molar-refractivity contribution in [1.82, 2.24) is 0 Å². The Labute approximate surface area is 152 Å². The fraction of sp³-hybridized carbons (Fsp3) is 0.600. The number of phenols is 1. The van der Waals surface area contributed by atoms with Crippen LogP contribution in [0.15, 0.2) is 29.3 Å². The predicted molar refractivity (Wildman–Crippen MR) is 92.9 cm³/mol. The molecule has 4 unspecified atom stereocenters. The van der Waals surface area contributed by atoms with Gasteiger partial charge in [0.25, 0.3) is 5.79 Å². The molecule has 2 N–H and O–H groups in total. The molecular formula is C20H23ClO4. The van der Waals surface area contributed by atoms with E-state index in [1.165, 1.54) is 37.3 Å². The van der Waals surface area contributed by atoms with Crippen molar-refractivity contribution in [2.75, 3.05) is 0 Å². The Morgan fingerprint density at radius 1 is 1.08 bits per heavy atom. The summed E-state index contributed by atoms with van der Waals surface area (Å²) in [4.78, 5) is 11.2. The van der Waals surface area contributed by atoms with Crippen LogP contribution in [0.25, 0.3) is 0 Å². The van der Waals surface area contributed by atoms with Gasteiger partial charge in [0.15, 0.2) is 5.60 Å². The smallest absolute Gasteiger partial charge is 0.258 e. The Hall–Kier alpha value is -1.07. The van der Waals surface area contributed by atoms with Gasteiger partial charge in [0.1, 0.15) is 5.75 Å². The van der Waals surface area contributed by atoms with Crippen LogP contribution in [0.4, 0.5) is 0 Å². The zero-order valence-electron chi connectivity index (χ0n) is 14.1. The van der Waals surface area contributed by atoms with E-state index >= 15 is 0 Å². The predicted octanol–water partition coefficient (Wildman–Crippen LogP) is 4.58. The molecule has 4 aliphatic rings. The minimum Gasteiger partial charge on any atom is -0.506 e. The highest BCUT2D eigenvalue weighted by Gasteiger charge is 2.74. The number of allylic oxidation sites excluding steroid dienone is 1. The van der Waals surface area contributed by atoms with Gasteiger partial charge in [0, 0.05) is 17.4 Å². The molecule has 2 bridgehead atoms. The van der Waals surface area contributed by atoms with Crippen LogP contribution < -0.4 is 0 Å². The van der Waals surface area contributed by atoms with E-state index in [1.807, 2.05) is 0 Å². The molecule has 134 valence electrons. The monoisotopic (exact) mass is 362 g/mol. The molecule has 2 fully saturated rings. The molecule has 0 amide bonds. The summed E-state index contributed by atoms with van der Waals surface area (Å²) >= 11 is 5.94. The van der Waals surface area contributed by atoms with E-state index in [1.54, 1.807) is 17.7 Å². The molecule has 1 aromatic carbocycles. The molecule has 1 aromatic rings. The minimum absolute atomic E-state index is 0.0446. The Morgan fingerprint density at radius 3 is 2.68 bits per heavy atom. The first-order chi connectivity index (χ1) is 12.1. The number of fused-ring (bicyclic) bond motifs is 1. The number of hydrogen-bond donors (Lipinski definition) is 2. The zero-order chi connectivity index (χ0) is 17.2. The van der Waals surface area contributed by atoms with Crippen molar-refractivity contribution >= 4 is 11.6 Å². The second-order valence-electron chi connectivity index (χ2n) is 7.99. The van der Waals surface area contributed by atoms with E-state index in [9.17, 15) is 10.2 Å². The molecule has 0 aromatic heterocycles. The van der Waals surface area contributed by atoms with Crippen LogP contribution in [0.3, 0.4) is 0 Å². The number of hydrogen-bond acceptors (Lipinski definition) is 4. The maximum absolute atomic E-state index is 11.5. The van der Waals surface area contributed by atoms with E-state index in [0.29, 0.717) is 5.56 Å². The molecule has 5 heteroatoms. The molecule has 1 aliphatic heterocycles. The van der Waals surface area contributed by atoms with E-state index in [4.69, 9.17) is 21.4 Å². The van der Waals surface area contributed by atoms with Gasteiger partial charge >= 0.3 is 0 Å². The summed E-state index contributed by atoms with van der Waals surface area (Å²) in [6, 6.07) is 4.84. The number of halogens is 1. The van der Waals surface area contributed by atoms with Gasteiger partial charge in [0.2, 0.25) is 0 Å². The van der Waals surface area contributed by atoms with Crippen LogP contribution in [-0.4, -0.2) is 15.8 Å². The second-order valence-corrected chi connectivity index (χ2v) is 8.40. The van der Waals surface area contributed by atoms with Gasteiger partial charge in [-0.2, -0.15) is 4.89 Å². The highest BCUT2D eigenvalue weighted by atomic mass is 35.5. The summed E-state index contributed by atoms with van der Waals surface area (Å²) < 4.78 is 0. The van der Waals surface area contributed by atoms with E-state index in [-0.39, 0.29) is 22.6 Å². The van der Waals surface area contributed by atoms with Crippen molar-refractivity contribution in [3.05, 3.63) is 39.9 Å². The molecule has 1 heterocycles. The van der Waals surface area contributed by atoms with Gasteiger partial charge in [-0.1, -0.05) is 35.2 Å². The summed E-state index contributed by atoms with van der Waals surface area (Å²) in [5.41, 5.74) is 2.89. The zero-order valence-corrected chi connectivity index (χ0v) is 14.9. The van der Waals surface area contributed by atoms with E-state index in [2.05, 4.69) is 0 Å². The van der Waals surface area contributed by atoms with E-state index < -0.39 is 11.4 Å². The third-order valence-electron chi connectivity index (χ3n) is 6.88. The van der Waals surface area contributed by atoms with Gasteiger partial charge in [-0.25, -0.2) is 4.89 Å². The molecule has 25 heavy (non-hydrogen) atoms. The third kappa shape index (κ3) is 2.00. The lowest BCUT2D eigenvalue weighted by molar-refractivity contribution is -0.636. The van der Waals surface area contributed by atoms with Crippen molar-refractivity contribution in [1.29, 1.82) is 0 Å². The maximum Gasteiger partial charge on any atom is 0.258 e. The quantitative estimate of drug-likeness (QED) is 0.567. The molecule has 3 aliphatic carbocycles. The number of aromatic hydroxyl groups is 1. The summed E-state index contributed by atoms with van der Waals surface area (Å²) in [7, 11) is 0. The topological polar surface area (TPSA) is 58.9 Å². The standard InChI is InChI=1S/C20H23ClO4/c21-17-9-8-14(11-18(17)22)20(23)19(24-25-20)13-5-3-7-16(19)15-6-2-1-4-12(15)10-13/h8-9,11,13,16,22-23H,1-7,10H2. The van der Waals surface area contributed by atoms with Crippen LogP contribution in [-0.2, 0) is 15.6 Å². The highest BCUT2D eigenvalue weighted by molar-refractivity contribution is 6.32. The van der Waals surface area contributed by atoms with Crippen molar-refractivity contribution in [2.45, 2.75) is 62.8 Å². The van der Waals surface area contributed by atoms with E-state index in [0.717, 1.165) is 25.7 Å².